The summed E-state index contributed by atoms with van der Waals surface area (Å²) >= 11 is 1.13. The van der Waals surface area contributed by atoms with Gasteiger partial charge in [-0.3, -0.25) is 19.5 Å². The second-order valence-corrected chi connectivity index (χ2v) is 7.39. The van der Waals surface area contributed by atoms with Gasteiger partial charge in [-0.1, -0.05) is 18.2 Å². The summed E-state index contributed by atoms with van der Waals surface area (Å²) in [7, 11) is 0. The first-order valence-electron chi connectivity index (χ1n) is 8.88. The second kappa shape index (κ2) is 7.88. The van der Waals surface area contributed by atoms with Crippen LogP contribution in [0.2, 0.25) is 0 Å². The van der Waals surface area contributed by atoms with Crippen LogP contribution in [0.3, 0.4) is 0 Å². The van der Waals surface area contributed by atoms with Crippen molar-refractivity contribution in [3.63, 3.8) is 0 Å². The molecule has 2 aromatic heterocycles. The molecule has 0 radical (unpaired) electrons. The Bertz CT molecular complexity index is 1160. The lowest BCUT2D eigenvalue weighted by Crippen LogP contribution is -2.31. The van der Waals surface area contributed by atoms with Crippen molar-refractivity contribution in [1.29, 1.82) is 0 Å². The van der Waals surface area contributed by atoms with Crippen molar-refractivity contribution in [3.05, 3.63) is 88.1 Å². The van der Waals surface area contributed by atoms with Gasteiger partial charge in [-0.25, -0.2) is 0 Å². The number of hydrogen-bond acceptors (Lipinski definition) is 6. The zero-order valence-corrected chi connectivity index (χ0v) is 16.4. The molecule has 158 valence electrons. The van der Waals surface area contributed by atoms with E-state index in [1.165, 1.54) is 18.3 Å². The average molecular weight is 446 g/mol. The molecule has 1 N–H and O–H groups in total. The van der Waals surface area contributed by atoms with Crippen LogP contribution in [0.25, 0.3) is 0 Å². The number of ketones is 1. The van der Waals surface area contributed by atoms with Crippen LogP contribution in [-0.2, 0) is 4.79 Å². The van der Waals surface area contributed by atoms with Gasteiger partial charge < -0.3 is 9.84 Å². The van der Waals surface area contributed by atoms with Crippen LogP contribution in [-0.4, -0.2) is 28.1 Å². The molecule has 1 unspecified atom stereocenters. The lowest BCUT2D eigenvalue weighted by atomic mass is 9.98. The van der Waals surface area contributed by atoms with Gasteiger partial charge in [0, 0.05) is 18.0 Å². The van der Waals surface area contributed by atoms with Crippen molar-refractivity contribution in [2.75, 3.05) is 4.90 Å². The number of anilines is 1. The molecule has 0 fully saturated rings. The fourth-order valence-corrected chi connectivity index (χ4v) is 3.97. The van der Waals surface area contributed by atoms with E-state index in [1.807, 2.05) is 0 Å². The number of aromatic nitrogens is 1. The lowest BCUT2D eigenvalue weighted by molar-refractivity contribution is -0.274. The molecule has 3 aromatic rings. The molecule has 1 atom stereocenters. The third-order valence-corrected chi connectivity index (χ3v) is 5.36. The lowest BCUT2D eigenvalue weighted by Gasteiger charge is -2.26. The molecule has 10 heteroatoms. The van der Waals surface area contributed by atoms with E-state index in [2.05, 4.69) is 9.72 Å². The summed E-state index contributed by atoms with van der Waals surface area (Å²) in [5, 5.41) is 12.3. The fraction of sp³-hybridized carbons (Fsp3) is 0.0952. The number of nitrogens with zero attached hydrogens (tertiary/aromatic N) is 2. The second-order valence-electron chi connectivity index (χ2n) is 6.45. The SMILES string of the molecule is O=C(C1=C(O)C(=O)N(c2cccc(OC(F)(F)F)c2)C1c1ccccn1)c1cccs1. The Balaban J connectivity index is 1.82. The van der Waals surface area contributed by atoms with Crippen molar-refractivity contribution in [3.8, 4) is 5.75 Å². The number of rotatable bonds is 5. The summed E-state index contributed by atoms with van der Waals surface area (Å²) in [4.78, 5) is 31.6. The molecule has 1 aliphatic rings. The van der Waals surface area contributed by atoms with E-state index in [4.69, 9.17) is 0 Å². The molecule has 31 heavy (non-hydrogen) atoms. The zero-order chi connectivity index (χ0) is 22.2. The largest absolute Gasteiger partial charge is 0.573 e. The third kappa shape index (κ3) is 4.02. The average Bonchev–Trinajstić information content (AvgIpc) is 3.35. The molecule has 0 saturated heterocycles. The van der Waals surface area contributed by atoms with Gasteiger partial charge >= 0.3 is 6.36 Å². The Labute approximate surface area is 177 Å². The molecule has 0 saturated carbocycles. The predicted molar refractivity (Wildman–Crippen MR) is 106 cm³/mol. The highest BCUT2D eigenvalue weighted by molar-refractivity contribution is 7.12. The Hall–Kier alpha value is -3.66. The smallest absolute Gasteiger partial charge is 0.503 e. The number of ether oxygens (including phenoxy) is 1. The van der Waals surface area contributed by atoms with E-state index in [0.717, 1.165) is 28.4 Å². The highest BCUT2D eigenvalue weighted by Gasteiger charge is 2.45. The van der Waals surface area contributed by atoms with Gasteiger partial charge in [-0.05, 0) is 35.7 Å². The van der Waals surface area contributed by atoms with Gasteiger partial charge in [-0.15, -0.1) is 24.5 Å². The first kappa shape index (κ1) is 20.6. The Morgan fingerprint density at radius 3 is 2.58 bits per heavy atom. The molecule has 6 nitrogen and oxygen atoms in total. The standard InChI is InChI=1S/C21H13F3N2O4S/c22-21(23,24)30-13-6-3-5-12(11-13)26-17(14-7-1-2-9-25-14)16(19(28)20(26)29)18(27)15-8-4-10-31-15/h1-11,17,28H. The molecular formula is C21H13F3N2O4S. The molecule has 1 aliphatic heterocycles. The number of Topliss-reactive ketones (excluding diaryl/α,β-unsaturated/α-hetero) is 1. The van der Waals surface area contributed by atoms with E-state index in [0.29, 0.717) is 4.88 Å². The minimum absolute atomic E-state index is 0.00272. The summed E-state index contributed by atoms with van der Waals surface area (Å²) in [6.07, 6.45) is -3.47. The third-order valence-electron chi connectivity index (χ3n) is 4.50. The van der Waals surface area contributed by atoms with Crippen molar-refractivity contribution in [2.24, 2.45) is 0 Å². The van der Waals surface area contributed by atoms with E-state index in [1.54, 1.807) is 35.7 Å². The maximum Gasteiger partial charge on any atom is 0.573 e. The van der Waals surface area contributed by atoms with Crippen LogP contribution in [0.1, 0.15) is 21.4 Å². The molecule has 3 heterocycles. The summed E-state index contributed by atoms with van der Waals surface area (Å²) in [6, 6.07) is 11.6. The van der Waals surface area contributed by atoms with Gasteiger partial charge in [0.1, 0.15) is 11.8 Å². The zero-order valence-electron chi connectivity index (χ0n) is 15.5. The number of carbonyl (C=O) groups excluding carboxylic acids is 2. The molecule has 0 spiro atoms. The van der Waals surface area contributed by atoms with Crippen LogP contribution in [0.4, 0.5) is 18.9 Å². The van der Waals surface area contributed by atoms with E-state index in [-0.39, 0.29) is 17.0 Å². The summed E-state index contributed by atoms with van der Waals surface area (Å²) in [6.45, 7) is 0. The quantitative estimate of drug-likeness (QED) is 0.569. The van der Waals surface area contributed by atoms with Gasteiger partial charge in [0.15, 0.2) is 5.76 Å². The van der Waals surface area contributed by atoms with Crippen LogP contribution in [0, 0.1) is 0 Å². The Morgan fingerprint density at radius 2 is 1.94 bits per heavy atom. The number of amides is 1. The monoisotopic (exact) mass is 446 g/mol. The number of carbonyl (C=O) groups is 2. The van der Waals surface area contributed by atoms with Crippen molar-refractivity contribution in [2.45, 2.75) is 12.4 Å². The highest BCUT2D eigenvalue weighted by Crippen LogP contribution is 2.42. The van der Waals surface area contributed by atoms with Gasteiger partial charge in [-0.2, -0.15) is 0 Å². The van der Waals surface area contributed by atoms with Crippen LogP contribution < -0.4 is 9.64 Å². The van der Waals surface area contributed by atoms with E-state index in [9.17, 15) is 27.9 Å². The number of hydrogen-bond donors (Lipinski definition) is 1. The van der Waals surface area contributed by atoms with Gasteiger partial charge in [0.05, 0.1) is 16.1 Å². The van der Waals surface area contributed by atoms with E-state index < -0.39 is 35.6 Å². The minimum Gasteiger partial charge on any atom is -0.503 e. The molecule has 0 aliphatic carbocycles. The van der Waals surface area contributed by atoms with Crippen molar-refractivity contribution < 1.29 is 32.6 Å². The molecule has 4 rings (SSSR count). The first-order valence-corrected chi connectivity index (χ1v) is 9.76. The Kier molecular flexibility index (Phi) is 5.24. The Morgan fingerprint density at radius 1 is 1.13 bits per heavy atom. The fourth-order valence-electron chi connectivity index (χ4n) is 3.29. The first-order chi connectivity index (χ1) is 14.8. The van der Waals surface area contributed by atoms with Crippen molar-refractivity contribution in [1.82, 2.24) is 4.98 Å². The predicted octanol–water partition coefficient (Wildman–Crippen LogP) is 4.82. The summed E-state index contributed by atoms with van der Waals surface area (Å²) < 4.78 is 41.9. The number of alkyl halides is 3. The molecule has 0 bridgehead atoms. The summed E-state index contributed by atoms with van der Waals surface area (Å²) in [5.74, 6) is -2.83. The maximum absolute atomic E-state index is 13.1. The van der Waals surface area contributed by atoms with Crippen LogP contribution >= 0.6 is 11.3 Å². The van der Waals surface area contributed by atoms with Gasteiger partial charge in [0.2, 0.25) is 5.78 Å². The summed E-state index contributed by atoms with van der Waals surface area (Å²) in [5.41, 5.74) is 0.0678. The number of aliphatic hydroxyl groups is 1. The van der Waals surface area contributed by atoms with Crippen molar-refractivity contribution >= 4 is 28.7 Å². The number of aliphatic hydroxyl groups excluding tert-OH is 1. The topological polar surface area (TPSA) is 79.7 Å². The molecular weight excluding hydrogens is 433 g/mol. The number of benzene rings is 1. The van der Waals surface area contributed by atoms with Crippen LogP contribution in [0.5, 0.6) is 5.75 Å². The number of thiophene rings is 1. The van der Waals surface area contributed by atoms with Gasteiger partial charge in [0.25, 0.3) is 5.91 Å². The molecule has 1 aromatic carbocycles. The minimum atomic E-state index is -4.92. The highest BCUT2D eigenvalue weighted by atomic mass is 32.1. The molecule has 1 amide bonds. The number of pyridine rings is 1. The normalized spacial score (nSPS) is 16.7. The number of halogens is 3. The van der Waals surface area contributed by atoms with E-state index >= 15 is 0 Å². The maximum atomic E-state index is 13.1. The van der Waals surface area contributed by atoms with Crippen LogP contribution in [0.15, 0.2) is 77.5 Å².